The van der Waals surface area contributed by atoms with Crippen LogP contribution in [0.4, 0.5) is 13.2 Å². The third-order valence-corrected chi connectivity index (χ3v) is 6.44. The van der Waals surface area contributed by atoms with E-state index in [2.05, 4.69) is 45.9 Å². The number of hydrogen-bond donors (Lipinski definition) is 0. The predicted molar refractivity (Wildman–Crippen MR) is 117 cm³/mol. The van der Waals surface area contributed by atoms with Crippen molar-refractivity contribution in [3.05, 3.63) is 64.7 Å². The van der Waals surface area contributed by atoms with Gasteiger partial charge in [0.1, 0.15) is 12.8 Å². The molecule has 1 aliphatic rings. The fourth-order valence-electron chi connectivity index (χ4n) is 4.61. The quantitative estimate of drug-likeness (QED) is 0.257. The highest BCUT2D eigenvalue weighted by Crippen LogP contribution is 2.49. The van der Waals surface area contributed by atoms with Crippen LogP contribution in [0.1, 0.15) is 42.0 Å². The zero-order valence-corrected chi connectivity index (χ0v) is 18.1. The van der Waals surface area contributed by atoms with Gasteiger partial charge in [0.15, 0.2) is 5.75 Å². The minimum Gasteiger partial charge on any atom is -0.450 e. The van der Waals surface area contributed by atoms with Gasteiger partial charge in [-0.25, -0.2) is 0 Å². The van der Waals surface area contributed by atoms with E-state index in [4.69, 9.17) is 4.74 Å². The molecular formula is C26H23F3NO+. The third kappa shape index (κ3) is 2.90. The normalized spacial score (nSPS) is 13.1. The molecule has 1 aliphatic heterocycles. The maximum Gasteiger partial charge on any atom is 0.416 e. The fourth-order valence-corrected chi connectivity index (χ4v) is 4.61. The van der Waals surface area contributed by atoms with E-state index >= 15 is 0 Å². The summed E-state index contributed by atoms with van der Waals surface area (Å²) < 4.78 is 48.1. The zero-order chi connectivity index (χ0) is 22.2. The Balaban J connectivity index is 1.89. The minimum absolute atomic E-state index is 0.331. The fraction of sp³-hybridized carbons (Fsp3) is 0.269. The number of nitrogens with zero attached hydrogens (tertiary/aromatic N) is 1. The molecule has 1 aromatic heterocycles. The van der Waals surface area contributed by atoms with Gasteiger partial charge in [0.2, 0.25) is 5.52 Å². The lowest BCUT2D eigenvalue weighted by Gasteiger charge is -2.24. The van der Waals surface area contributed by atoms with Crippen molar-refractivity contribution in [2.24, 2.45) is 7.05 Å². The molecule has 0 N–H and O–H groups in total. The van der Waals surface area contributed by atoms with Gasteiger partial charge < -0.3 is 4.74 Å². The van der Waals surface area contributed by atoms with Crippen molar-refractivity contribution < 1.29 is 22.5 Å². The van der Waals surface area contributed by atoms with Crippen LogP contribution in [0.15, 0.2) is 42.5 Å². The predicted octanol–water partition coefficient (Wildman–Crippen LogP) is 7.35. The number of pyridine rings is 1. The lowest BCUT2D eigenvalue weighted by molar-refractivity contribution is -0.633. The molecule has 0 fully saturated rings. The molecule has 0 spiro atoms. The lowest BCUT2D eigenvalue weighted by Crippen LogP contribution is -2.33. The van der Waals surface area contributed by atoms with Crippen LogP contribution in [-0.4, -0.2) is 0 Å². The van der Waals surface area contributed by atoms with E-state index in [-0.39, 0.29) is 0 Å². The van der Waals surface area contributed by atoms with Crippen LogP contribution in [0.25, 0.3) is 32.9 Å². The first-order valence-corrected chi connectivity index (χ1v) is 10.4. The van der Waals surface area contributed by atoms with E-state index in [1.165, 1.54) is 23.3 Å². The molecule has 0 unspecified atom stereocenters. The van der Waals surface area contributed by atoms with Crippen LogP contribution < -0.4 is 9.30 Å². The molecule has 0 bridgehead atoms. The number of alkyl halides is 3. The van der Waals surface area contributed by atoms with E-state index in [0.29, 0.717) is 17.1 Å². The molecule has 2 nitrogen and oxygen atoms in total. The molecule has 5 heteroatoms. The molecule has 2 heterocycles. The zero-order valence-electron chi connectivity index (χ0n) is 18.1. The highest BCUT2D eigenvalue weighted by molar-refractivity contribution is 6.05. The Bertz CT molecular complexity index is 1400. The summed E-state index contributed by atoms with van der Waals surface area (Å²) >= 11 is 0. The Kier molecular flexibility index (Phi) is 4.14. The van der Waals surface area contributed by atoms with Gasteiger partial charge in [-0.15, -0.1) is 0 Å². The van der Waals surface area contributed by atoms with Crippen LogP contribution in [0.2, 0.25) is 0 Å². The van der Waals surface area contributed by atoms with Gasteiger partial charge in [0.05, 0.1) is 16.5 Å². The van der Waals surface area contributed by atoms with Crippen LogP contribution in [-0.2, 0) is 13.2 Å². The topological polar surface area (TPSA) is 13.1 Å². The molecule has 4 aromatic rings. The summed E-state index contributed by atoms with van der Waals surface area (Å²) in [6, 6.07) is 12.1. The maximum atomic E-state index is 13.3. The average Bonchev–Trinajstić information content (AvgIpc) is 2.69. The first kappa shape index (κ1) is 19.9. The summed E-state index contributed by atoms with van der Waals surface area (Å²) in [5.74, 6) is 1.67. The molecule has 0 radical (unpaired) electrons. The van der Waals surface area contributed by atoms with E-state index in [0.717, 1.165) is 44.9 Å². The summed E-state index contributed by atoms with van der Waals surface area (Å²) in [5, 5.41) is 2.68. The highest BCUT2D eigenvalue weighted by atomic mass is 19.4. The highest BCUT2D eigenvalue weighted by Gasteiger charge is 2.34. The van der Waals surface area contributed by atoms with Gasteiger partial charge in [0, 0.05) is 17.5 Å². The van der Waals surface area contributed by atoms with Gasteiger partial charge in [-0.1, -0.05) is 26.0 Å². The van der Waals surface area contributed by atoms with E-state index in [1.807, 2.05) is 11.6 Å². The second-order valence-electron chi connectivity index (χ2n) is 8.75. The van der Waals surface area contributed by atoms with Gasteiger partial charge in [-0.3, -0.25) is 0 Å². The Hall–Kier alpha value is -3.08. The van der Waals surface area contributed by atoms with Crippen molar-refractivity contribution in [1.82, 2.24) is 0 Å². The molecule has 158 valence electrons. The van der Waals surface area contributed by atoms with Gasteiger partial charge in [-0.2, -0.15) is 17.7 Å². The van der Waals surface area contributed by atoms with Crippen molar-refractivity contribution in [2.75, 3.05) is 0 Å². The summed E-state index contributed by atoms with van der Waals surface area (Å²) in [5.41, 5.74) is 5.55. The largest absolute Gasteiger partial charge is 0.450 e. The summed E-state index contributed by atoms with van der Waals surface area (Å²) in [6.07, 6.45) is -4.39. The van der Waals surface area contributed by atoms with Crippen LogP contribution in [0.5, 0.6) is 11.5 Å². The summed E-state index contributed by atoms with van der Waals surface area (Å²) in [4.78, 5) is 0. The second-order valence-corrected chi connectivity index (χ2v) is 8.75. The first-order chi connectivity index (χ1) is 14.6. The minimum atomic E-state index is -4.39. The average molecular weight is 422 g/mol. The second kappa shape index (κ2) is 6.46. The Morgan fingerprint density at radius 2 is 1.65 bits per heavy atom. The molecule has 0 atom stereocenters. The van der Waals surface area contributed by atoms with Crippen molar-refractivity contribution in [3.63, 3.8) is 0 Å². The van der Waals surface area contributed by atoms with Crippen molar-refractivity contribution in [2.45, 2.75) is 39.8 Å². The van der Waals surface area contributed by atoms with E-state index in [9.17, 15) is 13.2 Å². The van der Waals surface area contributed by atoms with Crippen molar-refractivity contribution in [1.29, 1.82) is 0 Å². The number of fused-ring (bicyclic) bond motifs is 3. The first-order valence-electron chi connectivity index (χ1n) is 10.4. The van der Waals surface area contributed by atoms with Crippen molar-refractivity contribution in [3.8, 4) is 22.8 Å². The maximum absolute atomic E-state index is 13.3. The van der Waals surface area contributed by atoms with Gasteiger partial charge in [-0.05, 0) is 60.0 Å². The van der Waals surface area contributed by atoms with Crippen LogP contribution in [0, 0.1) is 13.8 Å². The molecule has 5 rings (SSSR count). The van der Waals surface area contributed by atoms with Gasteiger partial charge >= 0.3 is 6.18 Å². The lowest BCUT2D eigenvalue weighted by atomic mass is 9.88. The number of hydrogen-bond acceptors (Lipinski definition) is 1. The molecule has 3 aromatic carbocycles. The molecule has 0 aliphatic carbocycles. The van der Waals surface area contributed by atoms with Crippen LogP contribution in [0.3, 0.4) is 0 Å². The standard InChI is InChI=1S/C26H23F3NO/c1-13(2)16-9-18-8-14(3)15(4)23-24(18)21(11-16)31-22-12-17-10-19(26(27,28)29)6-7-20(17)30(5)25(22)23/h6-13H,1-5H3/q+1. The molecule has 31 heavy (non-hydrogen) atoms. The third-order valence-electron chi connectivity index (χ3n) is 6.44. The van der Waals surface area contributed by atoms with E-state index in [1.54, 1.807) is 6.07 Å². The van der Waals surface area contributed by atoms with E-state index < -0.39 is 11.7 Å². The molecule has 0 saturated heterocycles. The number of halogens is 3. The number of aromatic nitrogens is 1. The molecular weight excluding hydrogens is 399 g/mol. The number of aryl methyl sites for hydroxylation is 2. The molecule has 0 saturated carbocycles. The molecule has 0 amide bonds. The number of ether oxygens (including phenoxy) is 1. The summed E-state index contributed by atoms with van der Waals surface area (Å²) in [7, 11) is 1.89. The smallest absolute Gasteiger partial charge is 0.416 e. The Morgan fingerprint density at radius 1 is 0.903 bits per heavy atom. The Morgan fingerprint density at radius 3 is 2.32 bits per heavy atom. The van der Waals surface area contributed by atoms with Crippen molar-refractivity contribution >= 4 is 21.7 Å². The Labute approximate surface area is 178 Å². The van der Waals surface area contributed by atoms with Crippen LogP contribution >= 0.6 is 0 Å². The summed E-state index contributed by atoms with van der Waals surface area (Å²) in [6.45, 7) is 8.46. The SMILES string of the molecule is Cc1cc2cc(C(C)C)cc3c2c(c1C)-c1c(cc2cc(C(F)(F)F)ccc2[n+]1C)O3. The number of rotatable bonds is 1. The monoisotopic (exact) mass is 422 g/mol. The van der Waals surface area contributed by atoms with Gasteiger partial charge in [0.25, 0.3) is 5.69 Å². The number of benzene rings is 3.